The smallest absolute Gasteiger partial charge is 0.410 e. The first-order chi connectivity index (χ1) is 13.3. The van der Waals surface area contributed by atoms with Crippen molar-refractivity contribution in [3.05, 3.63) is 0 Å². The average Bonchev–Trinajstić information content (AvgIpc) is 2.66. The number of nitrogens with zero attached hydrogens (tertiary/aromatic N) is 2. The van der Waals surface area contributed by atoms with Gasteiger partial charge in [0.25, 0.3) is 0 Å². The van der Waals surface area contributed by atoms with Crippen LogP contribution in [0.3, 0.4) is 0 Å². The predicted molar refractivity (Wildman–Crippen MR) is 108 cm³/mol. The Balaban J connectivity index is 1.66. The van der Waals surface area contributed by atoms with Gasteiger partial charge in [-0.2, -0.15) is 0 Å². The van der Waals surface area contributed by atoms with Crippen LogP contribution in [-0.4, -0.2) is 84.5 Å². The van der Waals surface area contributed by atoms with E-state index in [1.807, 2.05) is 20.8 Å². The zero-order valence-corrected chi connectivity index (χ0v) is 17.7. The second kappa shape index (κ2) is 10.9. The Kier molecular flexibility index (Phi) is 8.82. The summed E-state index contributed by atoms with van der Waals surface area (Å²) < 4.78 is 5.50. The molecule has 0 bridgehead atoms. The van der Waals surface area contributed by atoms with Crippen LogP contribution in [0, 0.1) is 5.92 Å². The molecule has 3 amide bonds. The predicted octanol–water partition coefficient (Wildman–Crippen LogP) is 1.78. The number of rotatable bonds is 6. The van der Waals surface area contributed by atoms with Gasteiger partial charge in [-0.3, -0.25) is 0 Å². The highest BCUT2D eigenvalue weighted by molar-refractivity contribution is 5.74. The zero-order chi connectivity index (χ0) is 20.6. The SMILES string of the molecule is CC(C)(C)OC(=O)N1CCCC[C@H]1CNC(=O)NCCN1CCC(CO)CC1. The number of aliphatic hydroxyl groups excluding tert-OH is 1. The minimum Gasteiger partial charge on any atom is -0.444 e. The number of amides is 3. The Morgan fingerprint density at radius 1 is 1.07 bits per heavy atom. The molecule has 2 aliphatic heterocycles. The van der Waals surface area contributed by atoms with Gasteiger partial charge in [-0.1, -0.05) is 0 Å². The van der Waals surface area contributed by atoms with Crippen LogP contribution in [0.15, 0.2) is 0 Å². The Hall–Kier alpha value is -1.54. The molecule has 0 aromatic carbocycles. The number of hydrogen-bond donors (Lipinski definition) is 3. The van der Waals surface area contributed by atoms with Gasteiger partial charge in [0, 0.05) is 32.8 Å². The quantitative estimate of drug-likeness (QED) is 0.634. The van der Waals surface area contributed by atoms with E-state index in [9.17, 15) is 14.7 Å². The maximum Gasteiger partial charge on any atom is 0.410 e. The number of ether oxygens (including phenoxy) is 1. The van der Waals surface area contributed by atoms with E-state index >= 15 is 0 Å². The Labute approximate surface area is 169 Å². The minimum absolute atomic E-state index is 0.0214. The van der Waals surface area contributed by atoms with E-state index in [0.29, 0.717) is 25.6 Å². The summed E-state index contributed by atoms with van der Waals surface area (Å²) in [6.45, 7) is 10.3. The topological polar surface area (TPSA) is 94.1 Å². The van der Waals surface area contributed by atoms with Gasteiger partial charge in [0.2, 0.25) is 0 Å². The number of carbonyl (C=O) groups excluding carboxylic acids is 2. The first-order valence-electron chi connectivity index (χ1n) is 10.6. The lowest BCUT2D eigenvalue weighted by Crippen LogP contribution is -2.52. The van der Waals surface area contributed by atoms with Crippen molar-refractivity contribution in [1.82, 2.24) is 20.4 Å². The van der Waals surface area contributed by atoms with Crippen LogP contribution in [0.4, 0.5) is 9.59 Å². The highest BCUT2D eigenvalue weighted by Gasteiger charge is 2.30. The molecule has 0 unspecified atom stereocenters. The van der Waals surface area contributed by atoms with Crippen molar-refractivity contribution in [1.29, 1.82) is 0 Å². The monoisotopic (exact) mass is 398 g/mol. The van der Waals surface area contributed by atoms with Crippen molar-refractivity contribution < 1.29 is 19.4 Å². The normalized spacial score (nSPS) is 22.0. The summed E-state index contributed by atoms with van der Waals surface area (Å²) in [5, 5.41) is 15.0. The maximum atomic E-state index is 12.4. The Morgan fingerprint density at radius 2 is 1.79 bits per heavy atom. The van der Waals surface area contributed by atoms with Crippen molar-refractivity contribution in [2.24, 2.45) is 5.92 Å². The number of nitrogens with one attached hydrogen (secondary N) is 2. The molecule has 0 aromatic rings. The van der Waals surface area contributed by atoms with Gasteiger partial charge in [-0.25, -0.2) is 9.59 Å². The van der Waals surface area contributed by atoms with E-state index < -0.39 is 5.60 Å². The molecular weight excluding hydrogens is 360 g/mol. The standard InChI is InChI=1S/C20H38N4O4/c1-20(2,3)28-19(27)24-10-5-4-6-17(24)14-22-18(26)21-9-13-23-11-7-16(15-25)8-12-23/h16-17,25H,4-15H2,1-3H3,(H2,21,22,26)/t17-/m0/s1. The van der Waals surface area contributed by atoms with Crippen LogP contribution >= 0.6 is 0 Å². The van der Waals surface area contributed by atoms with Crippen molar-refractivity contribution in [3.8, 4) is 0 Å². The third kappa shape index (κ3) is 7.83. The van der Waals surface area contributed by atoms with Gasteiger partial charge in [0.1, 0.15) is 5.60 Å². The van der Waals surface area contributed by atoms with E-state index in [-0.39, 0.29) is 24.8 Å². The fourth-order valence-electron chi connectivity index (χ4n) is 3.77. The Bertz CT molecular complexity index is 501. The molecule has 28 heavy (non-hydrogen) atoms. The van der Waals surface area contributed by atoms with E-state index in [2.05, 4.69) is 15.5 Å². The van der Waals surface area contributed by atoms with Crippen LogP contribution in [0.5, 0.6) is 0 Å². The molecule has 0 saturated carbocycles. The third-order valence-electron chi connectivity index (χ3n) is 5.43. The van der Waals surface area contributed by atoms with Crippen LogP contribution in [0.2, 0.25) is 0 Å². The summed E-state index contributed by atoms with van der Waals surface area (Å²) in [6, 6.07) is -0.216. The summed E-state index contributed by atoms with van der Waals surface area (Å²) in [7, 11) is 0. The summed E-state index contributed by atoms with van der Waals surface area (Å²) in [5.74, 6) is 0.427. The summed E-state index contributed by atoms with van der Waals surface area (Å²) in [4.78, 5) is 28.6. The van der Waals surface area contributed by atoms with Crippen molar-refractivity contribution in [2.75, 3.05) is 45.9 Å². The van der Waals surface area contributed by atoms with Gasteiger partial charge in [-0.15, -0.1) is 0 Å². The highest BCUT2D eigenvalue weighted by Crippen LogP contribution is 2.20. The van der Waals surface area contributed by atoms with Gasteiger partial charge in [0.15, 0.2) is 0 Å². The van der Waals surface area contributed by atoms with Gasteiger partial charge in [0.05, 0.1) is 6.04 Å². The number of urea groups is 1. The largest absolute Gasteiger partial charge is 0.444 e. The van der Waals surface area contributed by atoms with Crippen LogP contribution < -0.4 is 10.6 Å². The van der Waals surface area contributed by atoms with Crippen molar-refractivity contribution in [3.63, 3.8) is 0 Å². The van der Waals surface area contributed by atoms with E-state index in [1.165, 1.54) is 0 Å². The molecule has 8 nitrogen and oxygen atoms in total. The second-order valence-electron chi connectivity index (χ2n) is 8.93. The van der Waals surface area contributed by atoms with Crippen LogP contribution in [0.25, 0.3) is 0 Å². The highest BCUT2D eigenvalue weighted by atomic mass is 16.6. The molecule has 2 saturated heterocycles. The fraction of sp³-hybridized carbons (Fsp3) is 0.900. The van der Waals surface area contributed by atoms with Crippen LogP contribution in [-0.2, 0) is 4.74 Å². The minimum atomic E-state index is -0.518. The van der Waals surface area contributed by atoms with Gasteiger partial charge >= 0.3 is 12.1 Å². The van der Waals surface area contributed by atoms with E-state index in [4.69, 9.17) is 4.74 Å². The van der Waals surface area contributed by atoms with Crippen LogP contribution in [0.1, 0.15) is 52.9 Å². The molecular formula is C20H38N4O4. The molecule has 0 aromatic heterocycles. The second-order valence-corrected chi connectivity index (χ2v) is 8.93. The van der Waals surface area contributed by atoms with Gasteiger partial charge < -0.3 is 30.3 Å². The molecule has 2 heterocycles. The molecule has 3 N–H and O–H groups in total. The molecule has 2 aliphatic rings. The molecule has 8 heteroatoms. The van der Waals surface area contributed by atoms with E-state index in [1.54, 1.807) is 4.90 Å². The summed E-state index contributed by atoms with van der Waals surface area (Å²) in [5.41, 5.74) is -0.518. The van der Waals surface area contributed by atoms with Gasteiger partial charge in [-0.05, 0) is 71.9 Å². The lowest BCUT2D eigenvalue weighted by molar-refractivity contribution is 0.0102. The molecule has 162 valence electrons. The first-order valence-corrected chi connectivity index (χ1v) is 10.6. The molecule has 2 rings (SSSR count). The molecule has 2 fully saturated rings. The zero-order valence-electron chi connectivity index (χ0n) is 17.7. The summed E-state index contributed by atoms with van der Waals surface area (Å²) in [6.07, 6.45) is 4.63. The number of carbonyl (C=O) groups is 2. The lowest BCUT2D eigenvalue weighted by atomic mass is 9.98. The summed E-state index contributed by atoms with van der Waals surface area (Å²) >= 11 is 0. The van der Waals surface area contributed by atoms with E-state index in [0.717, 1.165) is 51.7 Å². The Morgan fingerprint density at radius 3 is 2.43 bits per heavy atom. The number of hydrogen-bond acceptors (Lipinski definition) is 5. The van der Waals surface area contributed by atoms with Crippen molar-refractivity contribution in [2.45, 2.75) is 64.5 Å². The first kappa shape index (κ1) is 22.7. The molecule has 0 radical (unpaired) electrons. The number of piperidine rings is 2. The van der Waals surface area contributed by atoms with Crippen molar-refractivity contribution >= 4 is 12.1 Å². The molecule has 1 atom stereocenters. The average molecular weight is 399 g/mol. The lowest BCUT2D eigenvalue weighted by Gasteiger charge is -2.36. The fourth-order valence-corrected chi connectivity index (χ4v) is 3.77. The molecule has 0 spiro atoms. The molecule has 0 aliphatic carbocycles. The third-order valence-corrected chi connectivity index (χ3v) is 5.43. The number of likely N-dealkylation sites (tertiary alicyclic amines) is 2. The maximum absolute atomic E-state index is 12.4. The number of aliphatic hydroxyl groups is 1.